The van der Waals surface area contributed by atoms with Gasteiger partial charge in [0.05, 0.1) is 22.4 Å². The number of para-hydroxylation sites is 2. The molecule has 3 aromatic carbocycles. The molecular weight excluding hydrogens is 901 g/mol. The van der Waals surface area contributed by atoms with E-state index in [2.05, 4.69) is 130 Å². The van der Waals surface area contributed by atoms with Crippen molar-refractivity contribution in [3.8, 4) is 22.6 Å². The van der Waals surface area contributed by atoms with Gasteiger partial charge in [0.1, 0.15) is 0 Å². The summed E-state index contributed by atoms with van der Waals surface area (Å²) in [7, 11) is 0. The van der Waals surface area contributed by atoms with Gasteiger partial charge in [0.25, 0.3) is 0 Å². The fraction of sp³-hybridized carbons (Fsp3) is 0.383. The van der Waals surface area contributed by atoms with Crippen LogP contribution in [-0.4, -0.2) is 32.8 Å². The molecule has 7 heteroatoms. The van der Waals surface area contributed by atoms with Gasteiger partial charge in [-0.15, -0.1) is 18.2 Å². The van der Waals surface area contributed by atoms with Gasteiger partial charge >= 0.3 is 132 Å². The first kappa shape index (κ1) is 40.1. The van der Waals surface area contributed by atoms with Crippen molar-refractivity contribution in [1.29, 1.82) is 0 Å². The number of rotatable bonds is 5. The van der Waals surface area contributed by atoms with Gasteiger partial charge in [-0.05, 0) is 57.9 Å². The first-order valence-electron chi connectivity index (χ1n) is 19.4. The van der Waals surface area contributed by atoms with E-state index in [9.17, 15) is 0 Å². The van der Waals surface area contributed by atoms with E-state index in [1.54, 1.807) is 0 Å². The molecule has 1 aliphatic rings. The topological polar surface area (TPSA) is 56.7 Å². The summed E-state index contributed by atoms with van der Waals surface area (Å²) in [6.07, 6.45) is 9.64. The Morgan fingerprint density at radius 2 is 1.56 bits per heavy atom. The summed E-state index contributed by atoms with van der Waals surface area (Å²) in [6, 6.07) is 33.9. The minimum absolute atomic E-state index is 0. The Morgan fingerprint density at radius 3 is 2.24 bits per heavy atom. The first-order chi connectivity index (χ1) is 25.2. The Kier molecular flexibility index (Phi) is 11.8. The van der Waals surface area contributed by atoms with Crippen LogP contribution in [0.5, 0.6) is 0 Å². The van der Waals surface area contributed by atoms with Crippen molar-refractivity contribution in [3.63, 3.8) is 0 Å². The van der Waals surface area contributed by atoms with Gasteiger partial charge < -0.3 is 8.98 Å². The van der Waals surface area contributed by atoms with Gasteiger partial charge in [0.2, 0.25) is 5.71 Å². The van der Waals surface area contributed by atoms with Crippen molar-refractivity contribution in [2.24, 2.45) is 5.41 Å². The molecule has 283 valence electrons. The Balaban J connectivity index is 0.000000198. The minimum atomic E-state index is -1.90. The number of hydrogen-bond acceptors (Lipinski definition) is 4. The number of furan rings is 1. The van der Waals surface area contributed by atoms with E-state index in [0.29, 0.717) is 11.3 Å². The summed E-state index contributed by atoms with van der Waals surface area (Å²) < 4.78 is 10.3. The third kappa shape index (κ3) is 8.62. The molecule has 0 unspecified atom stereocenters. The smallest absolute Gasteiger partial charge is 0.216 e. The minimum Gasteiger partial charge on any atom is -0.486 e. The summed E-state index contributed by atoms with van der Waals surface area (Å²) in [4.78, 5) is 14.7. The molecule has 0 amide bonds. The molecule has 1 saturated carbocycles. The molecule has 0 spiro atoms. The molecule has 5 nitrogen and oxygen atoms in total. The maximum atomic E-state index is 6.44. The number of aromatic nitrogens is 4. The van der Waals surface area contributed by atoms with Crippen LogP contribution in [-0.2, 0) is 32.1 Å². The summed E-state index contributed by atoms with van der Waals surface area (Å²) in [5, 5.41) is 2.14. The zero-order chi connectivity index (χ0) is 37.5. The van der Waals surface area contributed by atoms with Crippen LogP contribution < -0.4 is 4.40 Å². The van der Waals surface area contributed by atoms with Crippen LogP contribution in [0.3, 0.4) is 0 Å². The van der Waals surface area contributed by atoms with Crippen molar-refractivity contribution in [3.05, 3.63) is 108 Å². The van der Waals surface area contributed by atoms with Crippen LogP contribution in [0.25, 0.3) is 55.7 Å². The van der Waals surface area contributed by atoms with E-state index >= 15 is 0 Å². The average molecular weight is 956 g/mol. The molecule has 0 aliphatic heterocycles. The molecule has 4 heterocycles. The van der Waals surface area contributed by atoms with Crippen LogP contribution >= 0.6 is 0 Å². The molecule has 0 N–H and O–H groups in total. The standard InChI is InChI=1S/C28H28N3O.C19H26GeN.Ir/c1-28(2,3)31-24-15-8-7-14-23(24)29-26(31)21-13-9-12-19-20-16-17-22(18-10-5-4-6-11-18)30-27(20)32-25(19)21;1-19(2,3)13-16-12-18(15-10-8-7-9-11-15)21-14-17(16)20(4,5)6;/h7-9,12,14-18H,4-6,10-11H2,1-3H3;7-10,12,14H,13H2,1-6H3;/q2*-1;. The number of nitrogens with zero attached hydrogens (tertiary/aromatic N) is 4. The summed E-state index contributed by atoms with van der Waals surface area (Å²) in [5.74, 6) is 8.76. The molecule has 1 fully saturated rings. The van der Waals surface area contributed by atoms with E-state index in [1.165, 1.54) is 47.8 Å². The van der Waals surface area contributed by atoms with Gasteiger partial charge in [0, 0.05) is 42.6 Å². The third-order valence-corrected chi connectivity index (χ3v) is 14.6. The largest absolute Gasteiger partial charge is 0.486 e. The van der Waals surface area contributed by atoms with Crippen molar-refractivity contribution < 1.29 is 24.5 Å². The molecular formula is C47H54GeIrN4O-2. The van der Waals surface area contributed by atoms with E-state index in [-0.39, 0.29) is 25.6 Å². The van der Waals surface area contributed by atoms with E-state index in [4.69, 9.17) is 19.4 Å². The second-order valence-electron chi connectivity index (χ2n) is 18.0. The summed E-state index contributed by atoms with van der Waals surface area (Å²) in [6.45, 7) is 13.5. The van der Waals surface area contributed by atoms with Crippen LogP contribution in [0, 0.1) is 17.5 Å². The maximum Gasteiger partial charge on any atom is 0.216 e. The average Bonchev–Trinajstić information content (AvgIpc) is 3.70. The summed E-state index contributed by atoms with van der Waals surface area (Å²) in [5.41, 5.74) is 9.48. The molecule has 1 aliphatic carbocycles. The molecule has 0 bridgehead atoms. The second-order valence-corrected chi connectivity index (χ2v) is 28.6. The molecule has 8 rings (SSSR count). The fourth-order valence-electron chi connectivity index (χ4n) is 7.89. The Hall–Kier alpha value is -3.58. The zero-order valence-electron chi connectivity index (χ0n) is 33.4. The van der Waals surface area contributed by atoms with Crippen molar-refractivity contribution in [2.45, 2.75) is 109 Å². The van der Waals surface area contributed by atoms with Gasteiger partial charge in [-0.25, -0.2) is 4.98 Å². The number of hydrogen-bond donors (Lipinski definition) is 0. The monoisotopic (exact) mass is 957 g/mol. The van der Waals surface area contributed by atoms with Crippen molar-refractivity contribution >= 4 is 50.8 Å². The van der Waals surface area contributed by atoms with Gasteiger partial charge in [0.15, 0.2) is 0 Å². The number of imidazole rings is 1. The predicted octanol–water partition coefficient (Wildman–Crippen LogP) is 12.3. The normalized spacial score (nSPS) is 14.2. The van der Waals surface area contributed by atoms with Gasteiger partial charge in [-0.1, -0.05) is 42.3 Å². The second kappa shape index (κ2) is 15.9. The molecule has 7 aromatic rings. The van der Waals surface area contributed by atoms with Gasteiger partial charge in [-0.2, -0.15) is 0 Å². The molecule has 0 atom stereocenters. The van der Waals surface area contributed by atoms with E-state index < -0.39 is 13.3 Å². The number of fused-ring (bicyclic) bond motifs is 4. The molecule has 4 aromatic heterocycles. The third-order valence-electron chi connectivity index (χ3n) is 10.3. The van der Waals surface area contributed by atoms with E-state index in [0.717, 1.165) is 62.2 Å². The van der Waals surface area contributed by atoms with E-state index in [1.807, 2.05) is 30.3 Å². The van der Waals surface area contributed by atoms with Crippen LogP contribution in [0.2, 0.25) is 17.3 Å². The quantitative estimate of drug-likeness (QED) is 0.127. The van der Waals surface area contributed by atoms with Gasteiger partial charge in [-0.3, -0.25) is 4.98 Å². The Labute approximate surface area is 338 Å². The first-order valence-corrected chi connectivity index (χ1v) is 26.7. The number of benzene rings is 3. The van der Waals surface area contributed by atoms with Crippen LogP contribution in [0.15, 0.2) is 89.5 Å². The Morgan fingerprint density at radius 1 is 0.815 bits per heavy atom. The Bertz CT molecular complexity index is 2370. The SMILES string of the molecule is CC(C)(C)Cc1cc(-c2[c-]cccc2)nc[c]1[Ge]([CH3])([CH3])[CH3].CC(C)(C)n1c(-c2[c-]ccc3c2oc2nc(C4CCCCC4)ccc23)nc2ccccc21.[Ir]. The number of pyridine rings is 2. The van der Waals surface area contributed by atoms with Crippen molar-refractivity contribution in [2.75, 3.05) is 0 Å². The van der Waals surface area contributed by atoms with Crippen LogP contribution in [0.1, 0.15) is 90.8 Å². The molecule has 1 radical (unpaired) electrons. The predicted molar refractivity (Wildman–Crippen MR) is 225 cm³/mol. The molecule has 0 saturated heterocycles. The molecule has 54 heavy (non-hydrogen) atoms. The maximum absolute atomic E-state index is 6.44. The zero-order valence-corrected chi connectivity index (χ0v) is 37.9. The van der Waals surface area contributed by atoms with Crippen molar-refractivity contribution in [1.82, 2.24) is 19.5 Å². The fourth-order valence-corrected chi connectivity index (χ4v) is 11.2. The van der Waals surface area contributed by atoms with Crippen LogP contribution in [0.4, 0.5) is 0 Å². The summed E-state index contributed by atoms with van der Waals surface area (Å²) >= 11 is -1.90.